The highest BCUT2D eigenvalue weighted by Crippen LogP contribution is 2.28. The van der Waals surface area contributed by atoms with E-state index in [1.54, 1.807) is 7.11 Å². The van der Waals surface area contributed by atoms with Crippen molar-refractivity contribution >= 4 is 0 Å². The standard InChI is InChI=1S/C13H17NO3/c1-3-17-12-5-4-10(7-13(12)16-2)6-11(8-14)9-15/h4-5,7,11,15H,3,6,9H2,1-2H3. The van der Waals surface area contributed by atoms with E-state index in [2.05, 4.69) is 6.07 Å². The summed E-state index contributed by atoms with van der Waals surface area (Å²) >= 11 is 0. The van der Waals surface area contributed by atoms with Crippen LogP contribution in [0.4, 0.5) is 0 Å². The van der Waals surface area contributed by atoms with Gasteiger partial charge in [0.05, 0.1) is 32.3 Å². The molecule has 0 radical (unpaired) electrons. The van der Waals surface area contributed by atoms with E-state index in [4.69, 9.17) is 19.8 Å². The fourth-order valence-corrected chi connectivity index (χ4v) is 1.55. The Balaban J connectivity index is 2.86. The Hall–Kier alpha value is -1.73. The van der Waals surface area contributed by atoms with Crippen LogP contribution in [0.1, 0.15) is 12.5 Å². The van der Waals surface area contributed by atoms with Crippen molar-refractivity contribution in [2.24, 2.45) is 5.92 Å². The lowest BCUT2D eigenvalue weighted by Crippen LogP contribution is -2.07. The molecule has 92 valence electrons. The van der Waals surface area contributed by atoms with Crippen molar-refractivity contribution in [3.05, 3.63) is 23.8 Å². The number of rotatable bonds is 6. The van der Waals surface area contributed by atoms with Crippen LogP contribution in [0.15, 0.2) is 18.2 Å². The van der Waals surface area contributed by atoms with Crippen molar-refractivity contribution < 1.29 is 14.6 Å². The molecule has 0 bridgehead atoms. The number of nitrogens with zero attached hydrogens (tertiary/aromatic N) is 1. The number of hydrogen-bond donors (Lipinski definition) is 1. The molecule has 17 heavy (non-hydrogen) atoms. The molecule has 0 fully saturated rings. The Morgan fingerprint density at radius 1 is 1.41 bits per heavy atom. The van der Waals surface area contributed by atoms with Crippen molar-refractivity contribution in [1.29, 1.82) is 5.26 Å². The molecule has 4 heteroatoms. The maximum Gasteiger partial charge on any atom is 0.161 e. The summed E-state index contributed by atoms with van der Waals surface area (Å²) in [6.45, 7) is 2.35. The average Bonchev–Trinajstić information content (AvgIpc) is 2.37. The molecule has 1 rings (SSSR count). The quantitative estimate of drug-likeness (QED) is 0.816. The molecule has 4 nitrogen and oxygen atoms in total. The molecule has 1 aromatic rings. The van der Waals surface area contributed by atoms with Gasteiger partial charge < -0.3 is 14.6 Å². The van der Waals surface area contributed by atoms with Crippen molar-refractivity contribution in [2.45, 2.75) is 13.3 Å². The summed E-state index contributed by atoms with van der Waals surface area (Å²) < 4.78 is 10.6. The van der Waals surface area contributed by atoms with E-state index in [9.17, 15) is 0 Å². The number of methoxy groups -OCH3 is 1. The van der Waals surface area contributed by atoms with Crippen molar-refractivity contribution in [2.75, 3.05) is 20.3 Å². The second-order valence-corrected chi connectivity index (χ2v) is 3.63. The van der Waals surface area contributed by atoms with Crippen LogP contribution in [0.2, 0.25) is 0 Å². The minimum Gasteiger partial charge on any atom is -0.493 e. The molecule has 0 saturated heterocycles. The van der Waals surface area contributed by atoms with E-state index in [0.29, 0.717) is 24.5 Å². The van der Waals surface area contributed by atoms with Crippen LogP contribution in [0.3, 0.4) is 0 Å². The van der Waals surface area contributed by atoms with Gasteiger partial charge in [-0.25, -0.2) is 0 Å². The molecular formula is C13H17NO3. The molecule has 0 aliphatic heterocycles. The maximum atomic E-state index is 8.97. The summed E-state index contributed by atoms with van der Waals surface area (Å²) in [6.07, 6.45) is 0.510. The third-order valence-corrected chi connectivity index (χ3v) is 2.41. The van der Waals surface area contributed by atoms with E-state index in [0.717, 1.165) is 5.56 Å². The second kappa shape index (κ2) is 6.77. The molecule has 0 aliphatic carbocycles. The van der Waals surface area contributed by atoms with E-state index in [1.807, 2.05) is 25.1 Å². The molecule has 0 aliphatic rings. The Morgan fingerprint density at radius 3 is 2.71 bits per heavy atom. The van der Waals surface area contributed by atoms with Crippen molar-refractivity contribution in [3.8, 4) is 17.6 Å². The zero-order chi connectivity index (χ0) is 12.7. The fraction of sp³-hybridized carbons (Fsp3) is 0.462. The van der Waals surface area contributed by atoms with Gasteiger partial charge in [0.1, 0.15) is 0 Å². The van der Waals surface area contributed by atoms with Gasteiger partial charge in [0.15, 0.2) is 11.5 Å². The summed E-state index contributed by atoms with van der Waals surface area (Å²) in [5, 5.41) is 17.8. The molecule has 0 heterocycles. The monoisotopic (exact) mass is 235 g/mol. The zero-order valence-electron chi connectivity index (χ0n) is 10.1. The normalized spacial score (nSPS) is 11.6. The molecule has 1 aromatic carbocycles. The van der Waals surface area contributed by atoms with Crippen LogP contribution >= 0.6 is 0 Å². The molecule has 0 amide bonds. The minimum atomic E-state index is -0.377. The Labute approximate surface area is 101 Å². The van der Waals surface area contributed by atoms with Gasteiger partial charge in [0, 0.05) is 0 Å². The Morgan fingerprint density at radius 2 is 2.18 bits per heavy atom. The van der Waals surface area contributed by atoms with Crippen LogP contribution in [0.25, 0.3) is 0 Å². The van der Waals surface area contributed by atoms with Crippen molar-refractivity contribution in [3.63, 3.8) is 0 Å². The van der Waals surface area contributed by atoms with Crippen LogP contribution in [-0.4, -0.2) is 25.4 Å². The van der Waals surface area contributed by atoms with Gasteiger partial charge in [0.25, 0.3) is 0 Å². The van der Waals surface area contributed by atoms with Crippen LogP contribution in [0.5, 0.6) is 11.5 Å². The van der Waals surface area contributed by atoms with Gasteiger partial charge in [0.2, 0.25) is 0 Å². The minimum absolute atomic E-state index is 0.133. The molecule has 0 spiro atoms. The Kier molecular flexibility index (Phi) is 5.31. The molecule has 1 atom stereocenters. The summed E-state index contributed by atoms with van der Waals surface area (Å²) in [4.78, 5) is 0. The van der Waals surface area contributed by atoms with Gasteiger partial charge in [-0.15, -0.1) is 0 Å². The first-order chi connectivity index (χ1) is 8.24. The largest absolute Gasteiger partial charge is 0.493 e. The van der Waals surface area contributed by atoms with Gasteiger partial charge in [-0.1, -0.05) is 6.07 Å². The van der Waals surface area contributed by atoms with Crippen LogP contribution in [-0.2, 0) is 6.42 Å². The van der Waals surface area contributed by atoms with Crippen LogP contribution in [0, 0.1) is 17.2 Å². The topological polar surface area (TPSA) is 62.5 Å². The van der Waals surface area contributed by atoms with Crippen LogP contribution < -0.4 is 9.47 Å². The predicted molar refractivity (Wildman–Crippen MR) is 64.1 cm³/mol. The zero-order valence-corrected chi connectivity index (χ0v) is 10.1. The third kappa shape index (κ3) is 3.65. The number of nitriles is 1. The number of ether oxygens (including phenoxy) is 2. The number of aliphatic hydroxyl groups excluding tert-OH is 1. The van der Waals surface area contributed by atoms with E-state index < -0.39 is 0 Å². The fourth-order valence-electron chi connectivity index (χ4n) is 1.55. The first kappa shape index (κ1) is 13.3. The number of hydrogen-bond acceptors (Lipinski definition) is 4. The lowest BCUT2D eigenvalue weighted by molar-refractivity contribution is 0.255. The predicted octanol–water partition coefficient (Wildman–Crippen LogP) is 1.77. The smallest absolute Gasteiger partial charge is 0.161 e. The summed E-state index contributed by atoms with van der Waals surface area (Å²) in [7, 11) is 1.58. The lowest BCUT2D eigenvalue weighted by Gasteiger charge is -2.12. The summed E-state index contributed by atoms with van der Waals surface area (Å²) in [5.74, 6) is 0.966. The SMILES string of the molecule is CCOc1ccc(CC(C#N)CO)cc1OC. The van der Waals surface area contributed by atoms with E-state index in [1.165, 1.54) is 0 Å². The number of aliphatic hydroxyl groups is 1. The van der Waals surface area contributed by atoms with E-state index >= 15 is 0 Å². The molecule has 1 N–H and O–H groups in total. The van der Waals surface area contributed by atoms with Gasteiger partial charge in [-0.3, -0.25) is 0 Å². The highest BCUT2D eigenvalue weighted by molar-refractivity contribution is 5.43. The summed E-state index contributed by atoms with van der Waals surface area (Å²) in [5.41, 5.74) is 0.950. The number of benzene rings is 1. The third-order valence-electron chi connectivity index (χ3n) is 2.41. The molecular weight excluding hydrogens is 218 g/mol. The maximum absolute atomic E-state index is 8.97. The molecule has 1 unspecified atom stereocenters. The highest BCUT2D eigenvalue weighted by Gasteiger charge is 2.10. The summed E-state index contributed by atoms with van der Waals surface area (Å²) in [6, 6.07) is 7.60. The Bertz CT molecular complexity index is 398. The van der Waals surface area contributed by atoms with Gasteiger partial charge in [-0.05, 0) is 31.0 Å². The van der Waals surface area contributed by atoms with Crippen molar-refractivity contribution in [1.82, 2.24) is 0 Å². The second-order valence-electron chi connectivity index (χ2n) is 3.63. The first-order valence-electron chi connectivity index (χ1n) is 5.55. The average molecular weight is 235 g/mol. The lowest BCUT2D eigenvalue weighted by atomic mass is 10.0. The first-order valence-corrected chi connectivity index (χ1v) is 5.55. The molecule has 0 saturated carbocycles. The van der Waals surface area contributed by atoms with Gasteiger partial charge in [-0.2, -0.15) is 5.26 Å². The van der Waals surface area contributed by atoms with Gasteiger partial charge >= 0.3 is 0 Å². The van der Waals surface area contributed by atoms with E-state index in [-0.39, 0.29) is 12.5 Å². The highest BCUT2D eigenvalue weighted by atomic mass is 16.5. The molecule has 0 aromatic heterocycles.